The second kappa shape index (κ2) is 5.07. The van der Waals surface area contributed by atoms with Crippen molar-refractivity contribution in [1.29, 1.82) is 0 Å². The third-order valence-corrected chi connectivity index (χ3v) is 2.36. The van der Waals surface area contributed by atoms with Gasteiger partial charge in [-0.2, -0.15) is 0 Å². The van der Waals surface area contributed by atoms with Gasteiger partial charge in [0, 0.05) is 0 Å². The van der Waals surface area contributed by atoms with E-state index in [0.29, 0.717) is 0 Å². The molecule has 16 heavy (non-hydrogen) atoms. The molecule has 0 amide bonds. The van der Waals surface area contributed by atoms with E-state index in [2.05, 4.69) is 22.5 Å². The van der Waals surface area contributed by atoms with Crippen molar-refractivity contribution < 1.29 is 0 Å². The average molecular weight is 211 g/mol. The summed E-state index contributed by atoms with van der Waals surface area (Å²) in [4.78, 5) is 0. The topological polar surface area (TPSA) is 50.7 Å². The number of hydrogen-bond donors (Lipinski definition) is 1. The van der Waals surface area contributed by atoms with Crippen molar-refractivity contribution in [2.45, 2.75) is 6.42 Å². The van der Waals surface area contributed by atoms with Gasteiger partial charge in [-0.3, -0.25) is 0 Å². The second-order valence-corrected chi connectivity index (χ2v) is 3.54. The van der Waals surface area contributed by atoms with Gasteiger partial charge in [-0.1, -0.05) is 47.7 Å². The zero-order valence-corrected chi connectivity index (χ0v) is 8.88. The fourth-order valence-corrected chi connectivity index (χ4v) is 1.58. The lowest BCUT2D eigenvalue weighted by Crippen LogP contribution is -1.86. The molecule has 0 atom stereocenters. The summed E-state index contributed by atoms with van der Waals surface area (Å²) in [6.07, 6.45) is 0.931. The lowest BCUT2D eigenvalue weighted by molar-refractivity contribution is 1.06. The molecule has 0 fully saturated rings. The van der Waals surface area contributed by atoms with Crippen LogP contribution in [-0.2, 0) is 6.42 Å². The maximum Gasteiger partial charge on any atom is 0.0874 e. The van der Waals surface area contributed by atoms with Crippen LogP contribution in [0.1, 0.15) is 11.1 Å². The van der Waals surface area contributed by atoms with Crippen LogP contribution < -0.4 is 5.84 Å². The van der Waals surface area contributed by atoms with Crippen LogP contribution in [0.2, 0.25) is 0 Å². The van der Waals surface area contributed by atoms with Gasteiger partial charge in [0.15, 0.2) is 0 Å². The zero-order chi connectivity index (χ0) is 11.2. The number of rotatable bonds is 3. The molecular formula is C13H13N3. The predicted octanol–water partition coefficient (Wildman–Crippen LogP) is 3.23. The maximum atomic E-state index is 4.98. The van der Waals surface area contributed by atoms with Crippen molar-refractivity contribution in [2.24, 2.45) is 16.2 Å². The third-order valence-electron chi connectivity index (χ3n) is 2.36. The van der Waals surface area contributed by atoms with Crippen LogP contribution in [0, 0.1) is 0 Å². The Balaban J connectivity index is 2.11. The predicted molar refractivity (Wildman–Crippen MR) is 64.4 cm³/mol. The van der Waals surface area contributed by atoms with Gasteiger partial charge in [-0.05, 0) is 29.7 Å². The molecule has 3 heteroatoms. The lowest BCUT2D eigenvalue weighted by atomic mass is 10.1. The minimum atomic E-state index is 0.777. The summed E-state index contributed by atoms with van der Waals surface area (Å²) in [6.45, 7) is 0. The lowest BCUT2D eigenvalue weighted by Gasteiger charge is -2.01. The summed E-state index contributed by atoms with van der Waals surface area (Å²) in [7, 11) is 0. The minimum absolute atomic E-state index is 0.777. The Morgan fingerprint density at radius 1 is 0.812 bits per heavy atom. The first kappa shape index (κ1) is 10.4. The van der Waals surface area contributed by atoms with Crippen LogP contribution in [0.4, 0.5) is 5.69 Å². The number of hydrogen-bond acceptors (Lipinski definition) is 2. The molecule has 2 N–H and O–H groups in total. The number of nitrogens with zero attached hydrogens (tertiary/aromatic N) is 2. The first-order chi connectivity index (χ1) is 7.88. The number of nitrogens with two attached hydrogens (primary N) is 1. The van der Waals surface area contributed by atoms with Crippen LogP contribution in [0.5, 0.6) is 0 Å². The molecule has 0 aromatic heterocycles. The van der Waals surface area contributed by atoms with Gasteiger partial charge >= 0.3 is 0 Å². The molecule has 0 radical (unpaired) electrons. The molecule has 2 aromatic rings. The molecule has 0 bridgehead atoms. The second-order valence-electron chi connectivity index (χ2n) is 3.54. The molecule has 0 aliphatic rings. The van der Waals surface area contributed by atoms with E-state index in [1.54, 1.807) is 0 Å². The van der Waals surface area contributed by atoms with Gasteiger partial charge in [-0.25, -0.2) is 0 Å². The van der Waals surface area contributed by atoms with Crippen molar-refractivity contribution in [3.63, 3.8) is 0 Å². The standard InChI is InChI=1S/C13H13N3/c14-16-15-13-8-6-12(7-9-13)10-11-4-2-1-3-5-11/h1-9H,10H2,(H2,14,15). The largest absolute Gasteiger partial charge is 0.305 e. The quantitative estimate of drug-likeness (QED) is 0.473. The normalized spacial score (nSPS) is 10.8. The summed E-state index contributed by atoms with van der Waals surface area (Å²) >= 11 is 0. The van der Waals surface area contributed by atoms with E-state index in [4.69, 9.17) is 5.84 Å². The first-order valence-corrected chi connectivity index (χ1v) is 5.12. The van der Waals surface area contributed by atoms with Crippen LogP contribution >= 0.6 is 0 Å². The highest BCUT2D eigenvalue weighted by Crippen LogP contribution is 2.15. The molecular weight excluding hydrogens is 198 g/mol. The maximum absolute atomic E-state index is 4.98. The van der Waals surface area contributed by atoms with E-state index >= 15 is 0 Å². The fourth-order valence-electron chi connectivity index (χ4n) is 1.58. The molecule has 0 spiro atoms. The molecule has 2 rings (SSSR count). The van der Waals surface area contributed by atoms with Gasteiger partial charge in [0.1, 0.15) is 0 Å². The summed E-state index contributed by atoms with van der Waals surface area (Å²) in [5.74, 6) is 4.98. The van der Waals surface area contributed by atoms with Crippen molar-refractivity contribution in [3.8, 4) is 0 Å². The fraction of sp³-hybridized carbons (Fsp3) is 0.0769. The Bertz CT molecular complexity index is 460. The molecule has 0 unspecified atom stereocenters. The van der Waals surface area contributed by atoms with Crippen LogP contribution in [-0.4, -0.2) is 0 Å². The van der Waals surface area contributed by atoms with E-state index in [1.807, 2.05) is 42.5 Å². The van der Waals surface area contributed by atoms with Crippen molar-refractivity contribution >= 4 is 5.69 Å². The highest BCUT2D eigenvalue weighted by Gasteiger charge is 1.95. The molecule has 2 aromatic carbocycles. The van der Waals surface area contributed by atoms with Gasteiger partial charge < -0.3 is 5.84 Å². The molecule has 0 saturated carbocycles. The van der Waals surface area contributed by atoms with E-state index in [0.717, 1.165) is 12.1 Å². The molecule has 0 heterocycles. The van der Waals surface area contributed by atoms with E-state index in [-0.39, 0.29) is 0 Å². The minimum Gasteiger partial charge on any atom is -0.305 e. The highest BCUT2D eigenvalue weighted by molar-refractivity contribution is 5.39. The van der Waals surface area contributed by atoms with Crippen LogP contribution in [0.3, 0.4) is 0 Å². The molecule has 3 nitrogen and oxygen atoms in total. The summed E-state index contributed by atoms with van der Waals surface area (Å²) in [5.41, 5.74) is 3.33. The Morgan fingerprint density at radius 3 is 2.06 bits per heavy atom. The van der Waals surface area contributed by atoms with E-state index in [1.165, 1.54) is 11.1 Å². The van der Waals surface area contributed by atoms with Crippen LogP contribution in [0.25, 0.3) is 0 Å². The molecule has 0 aliphatic carbocycles. The van der Waals surface area contributed by atoms with Crippen molar-refractivity contribution in [1.82, 2.24) is 0 Å². The molecule has 0 saturated heterocycles. The van der Waals surface area contributed by atoms with Gasteiger partial charge in [0.2, 0.25) is 0 Å². The highest BCUT2D eigenvalue weighted by atomic mass is 15.3. The third kappa shape index (κ3) is 2.67. The summed E-state index contributed by atoms with van der Waals surface area (Å²) < 4.78 is 0. The SMILES string of the molecule is NN=Nc1ccc(Cc2ccccc2)cc1. The number of benzene rings is 2. The summed E-state index contributed by atoms with van der Waals surface area (Å²) in [5, 5.41) is 7.00. The zero-order valence-electron chi connectivity index (χ0n) is 8.88. The molecule has 0 aliphatic heterocycles. The Kier molecular flexibility index (Phi) is 3.28. The van der Waals surface area contributed by atoms with E-state index < -0.39 is 0 Å². The van der Waals surface area contributed by atoms with Crippen molar-refractivity contribution in [3.05, 3.63) is 65.7 Å². The smallest absolute Gasteiger partial charge is 0.0874 e. The van der Waals surface area contributed by atoms with Gasteiger partial charge in [-0.15, -0.1) is 5.11 Å². The van der Waals surface area contributed by atoms with Gasteiger partial charge in [0.05, 0.1) is 5.69 Å². The van der Waals surface area contributed by atoms with Gasteiger partial charge in [0.25, 0.3) is 0 Å². The first-order valence-electron chi connectivity index (χ1n) is 5.12. The Labute approximate surface area is 94.6 Å². The molecule has 80 valence electrons. The average Bonchev–Trinajstić information content (AvgIpc) is 2.33. The Morgan fingerprint density at radius 2 is 1.44 bits per heavy atom. The van der Waals surface area contributed by atoms with E-state index in [9.17, 15) is 0 Å². The summed E-state index contributed by atoms with van der Waals surface area (Å²) in [6, 6.07) is 18.3. The monoisotopic (exact) mass is 211 g/mol. The van der Waals surface area contributed by atoms with Crippen LogP contribution in [0.15, 0.2) is 64.9 Å². The van der Waals surface area contributed by atoms with Crippen molar-refractivity contribution in [2.75, 3.05) is 0 Å². The Hall–Kier alpha value is -2.16.